The summed E-state index contributed by atoms with van der Waals surface area (Å²) in [5.74, 6) is -1.63. The number of pyridine rings is 1. The summed E-state index contributed by atoms with van der Waals surface area (Å²) >= 11 is 0. The second-order valence-corrected chi connectivity index (χ2v) is 5.67. The topological polar surface area (TPSA) is 42.0 Å². The van der Waals surface area contributed by atoms with Crippen molar-refractivity contribution in [2.45, 2.75) is 12.3 Å². The van der Waals surface area contributed by atoms with E-state index in [0.29, 0.717) is 17.7 Å². The van der Waals surface area contributed by atoms with Gasteiger partial charge in [0, 0.05) is 18.1 Å². The van der Waals surface area contributed by atoms with Crippen molar-refractivity contribution in [3.8, 4) is 0 Å². The molecule has 0 aliphatic heterocycles. The van der Waals surface area contributed by atoms with Gasteiger partial charge in [-0.3, -0.25) is 9.78 Å². The van der Waals surface area contributed by atoms with Gasteiger partial charge in [0.15, 0.2) is 0 Å². The minimum absolute atomic E-state index is 0.291. The molecule has 3 rings (SSSR count). The fraction of sp³-hybridized carbons (Fsp3) is 0.100. The number of nitrogens with zero attached hydrogens (tertiary/aromatic N) is 1. The van der Waals surface area contributed by atoms with Gasteiger partial charge in [0.05, 0.1) is 5.92 Å². The Hall–Kier alpha value is -3.08. The van der Waals surface area contributed by atoms with E-state index in [-0.39, 0.29) is 11.7 Å². The van der Waals surface area contributed by atoms with E-state index in [4.69, 9.17) is 0 Å². The normalized spacial score (nSPS) is 11.8. The summed E-state index contributed by atoms with van der Waals surface area (Å²) in [5, 5.41) is 2.72. The molecule has 0 bridgehead atoms. The molecule has 1 unspecified atom stereocenters. The maximum absolute atomic E-state index is 13.3. The lowest BCUT2D eigenvalue weighted by molar-refractivity contribution is -0.117. The van der Waals surface area contributed by atoms with E-state index in [1.165, 1.54) is 30.3 Å². The van der Waals surface area contributed by atoms with Gasteiger partial charge in [-0.1, -0.05) is 24.3 Å². The molecule has 0 spiro atoms. The van der Waals surface area contributed by atoms with Crippen molar-refractivity contribution in [1.29, 1.82) is 0 Å². The van der Waals surface area contributed by atoms with E-state index < -0.39 is 11.7 Å². The number of anilines is 1. The van der Waals surface area contributed by atoms with Gasteiger partial charge in [-0.05, 0) is 53.9 Å². The smallest absolute Gasteiger partial charge is 0.232 e. The highest BCUT2D eigenvalue weighted by molar-refractivity contribution is 5.96. The summed E-state index contributed by atoms with van der Waals surface area (Å²) in [6, 6.07) is 15.2. The van der Waals surface area contributed by atoms with Crippen LogP contribution in [0.3, 0.4) is 0 Å². The second kappa shape index (κ2) is 7.66. The third kappa shape index (κ3) is 4.47. The minimum atomic E-state index is -0.548. The van der Waals surface area contributed by atoms with Crippen LogP contribution < -0.4 is 5.32 Å². The second-order valence-electron chi connectivity index (χ2n) is 5.67. The molecule has 3 aromatic rings. The van der Waals surface area contributed by atoms with Crippen molar-refractivity contribution >= 4 is 11.6 Å². The van der Waals surface area contributed by atoms with Gasteiger partial charge in [0.2, 0.25) is 5.91 Å². The molecule has 126 valence electrons. The van der Waals surface area contributed by atoms with E-state index in [9.17, 15) is 13.6 Å². The van der Waals surface area contributed by atoms with Crippen LogP contribution in [-0.2, 0) is 11.2 Å². The molecular formula is C20H16F2N2O. The van der Waals surface area contributed by atoms with Crippen molar-refractivity contribution in [2.24, 2.45) is 0 Å². The molecule has 0 saturated heterocycles. The molecule has 5 heteroatoms. The van der Waals surface area contributed by atoms with Gasteiger partial charge in [-0.2, -0.15) is 0 Å². The molecule has 1 N–H and O–H groups in total. The van der Waals surface area contributed by atoms with E-state index in [0.717, 1.165) is 5.56 Å². The highest BCUT2D eigenvalue weighted by Crippen LogP contribution is 2.23. The molecule has 1 atom stereocenters. The average Bonchev–Trinajstić information content (AvgIpc) is 2.61. The Balaban J connectivity index is 1.87. The maximum atomic E-state index is 13.3. The fourth-order valence-corrected chi connectivity index (χ4v) is 2.61. The predicted octanol–water partition coefficient (Wildman–Crippen LogP) is 4.32. The average molecular weight is 338 g/mol. The highest BCUT2D eigenvalue weighted by Gasteiger charge is 2.21. The van der Waals surface area contributed by atoms with E-state index in [1.54, 1.807) is 36.7 Å². The fourth-order valence-electron chi connectivity index (χ4n) is 2.61. The summed E-state index contributed by atoms with van der Waals surface area (Å²) in [6.07, 6.45) is 3.75. The molecule has 3 nitrogen and oxygen atoms in total. The van der Waals surface area contributed by atoms with Gasteiger partial charge in [0.1, 0.15) is 11.6 Å². The third-order valence-electron chi connectivity index (χ3n) is 3.84. The van der Waals surface area contributed by atoms with Crippen LogP contribution in [-0.4, -0.2) is 10.9 Å². The molecule has 1 amide bonds. The SMILES string of the molecule is O=C(Nc1cccc(F)c1)C(Cc1cccnc1)c1ccc(F)cc1. The number of carbonyl (C=O) groups is 1. The number of halogens is 2. The van der Waals surface area contributed by atoms with E-state index >= 15 is 0 Å². The highest BCUT2D eigenvalue weighted by atomic mass is 19.1. The Morgan fingerprint density at radius 3 is 2.48 bits per heavy atom. The Bertz CT molecular complexity index is 851. The number of carbonyl (C=O) groups excluding carboxylic acids is 1. The summed E-state index contributed by atoms with van der Waals surface area (Å²) in [6.45, 7) is 0. The molecule has 0 aliphatic carbocycles. The number of aromatic nitrogens is 1. The Labute approximate surface area is 144 Å². The number of nitrogens with one attached hydrogen (secondary N) is 1. The van der Waals surface area contributed by atoms with Crippen LogP contribution in [0.4, 0.5) is 14.5 Å². The van der Waals surface area contributed by atoms with Gasteiger partial charge >= 0.3 is 0 Å². The Morgan fingerprint density at radius 1 is 1.00 bits per heavy atom. The van der Waals surface area contributed by atoms with E-state index in [1.807, 2.05) is 6.07 Å². The number of amides is 1. The molecule has 25 heavy (non-hydrogen) atoms. The molecule has 2 aromatic carbocycles. The zero-order chi connectivity index (χ0) is 17.6. The predicted molar refractivity (Wildman–Crippen MR) is 92.1 cm³/mol. The van der Waals surface area contributed by atoms with Crippen LogP contribution in [0.5, 0.6) is 0 Å². The summed E-state index contributed by atoms with van der Waals surface area (Å²) in [5.41, 5.74) is 1.94. The Kier molecular flexibility index (Phi) is 5.14. The van der Waals surface area contributed by atoms with Crippen LogP contribution in [0, 0.1) is 11.6 Å². The number of hydrogen-bond acceptors (Lipinski definition) is 2. The maximum Gasteiger partial charge on any atom is 0.232 e. The standard InChI is InChI=1S/C20H16F2N2O/c21-16-8-6-15(7-9-16)19(11-14-3-2-10-23-13-14)20(25)24-18-5-1-4-17(22)12-18/h1-10,12-13,19H,11H2,(H,24,25). The molecule has 0 aliphatic rings. The molecule has 1 heterocycles. The molecule has 1 aromatic heterocycles. The minimum Gasteiger partial charge on any atom is -0.325 e. The van der Waals surface area contributed by atoms with Crippen molar-refractivity contribution in [3.05, 3.63) is 95.8 Å². The largest absolute Gasteiger partial charge is 0.325 e. The number of hydrogen-bond donors (Lipinski definition) is 1. The van der Waals surface area contributed by atoms with Crippen molar-refractivity contribution < 1.29 is 13.6 Å². The lowest BCUT2D eigenvalue weighted by Crippen LogP contribution is -2.23. The van der Waals surface area contributed by atoms with Crippen LogP contribution >= 0.6 is 0 Å². The van der Waals surface area contributed by atoms with Crippen LogP contribution in [0.15, 0.2) is 73.1 Å². The number of rotatable bonds is 5. The number of benzene rings is 2. The van der Waals surface area contributed by atoms with Crippen LogP contribution in [0.1, 0.15) is 17.0 Å². The van der Waals surface area contributed by atoms with Gasteiger partial charge in [-0.25, -0.2) is 8.78 Å². The molecule has 0 saturated carbocycles. The van der Waals surface area contributed by atoms with Gasteiger partial charge < -0.3 is 5.32 Å². The first-order valence-corrected chi connectivity index (χ1v) is 7.82. The first kappa shape index (κ1) is 16.8. The zero-order valence-electron chi connectivity index (χ0n) is 13.3. The van der Waals surface area contributed by atoms with Crippen molar-refractivity contribution in [2.75, 3.05) is 5.32 Å². The van der Waals surface area contributed by atoms with Gasteiger partial charge in [0.25, 0.3) is 0 Å². The van der Waals surface area contributed by atoms with Crippen LogP contribution in [0.25, 0.3) is 0 Å². The Morgan fingerprint density at radius 2 is 1.80 bits per heavy atom. The third-order valence-corrected chi connectivity index (χ3v) is 3.84. The zero-order valence-corrected chi connectivity index (χ0v) is 13.3. The summed E-state index contributed by atoms with van der Waals surface area (Å²) in [4.78, 5) is 16.8. The molecule has 0 fully saturated rings. The lowest BCUT2D eigenvalue weighted by Gasteiger charge is -2.17. The first-order chi connectivity index (χ1) is 12.1. The summed E-state index contributed by atoms with van der Waals surface area (Å²) < 4.78 is 26.5. The van der Waals surface area contributed by atoms with Crippen molar-refractivity contribution in [1.82, 2.24) is 4.98 Å². The summed E-state index contributed by atoms with van der Waals surface area (Å²) in [7, 11) is 0. The van der Waals surface area contributed by atoms with Crippen molar-refractivity contribution in [3.63, 3.8) is 0 Å². The molecular weight excluding hydrogens is 322 g/mol. The lowest BCUT2D eigenvalue weighted by atomic mass is 9.91. The van der Waals surface area contributed by atoms with Crippen LogP contribution in [0.2, 0.25) is 0 Å². The molecule has 0 radical (unpaired) electrons. The van der Waals surface area contributed by atoms with Gasteiger partial charge in [-0.15, -0.1) is 0 Å². The quantitative estimate of drug-likeness (QED) is 0.752. The van der Waals surface area contributed by atoms with E-state index in [2.05, 4.69) is 10.3 Å². The first-order valence-electron chi connectivity index (χ1n) is 7.82. The monoisotopic (exact) mass is 338 g/mol.